The van der Waals surface area contributed by atoms with Gasteiger partial charge in [-0.1, -0.05) is 29.8 Å². The van der Waals surface area contributed by atoms with Crippen molar-refractivity contribution in [2.24, 2.45) is 0 Å². The number of anilines is 1. The molecule has 190 valence electrons. The molecular weight excluding hydrogens is 495 g/mol. The van der Waals surface area contributed by atoms with Crippen molar-refractivity contribution in [3.63, 3.8) is 0 Å². The first-order chi connectivity index (χ1) is 17.2. The predicted molar refractivity (Wildman–Crippen MR) is 130 cm³/mol. The monoisotopic (exact) mass is 519 g/mol. The minimum atomic E-state index is -4.50. The normalized spacial score (nSPS) is 19.8. The minimum Gasteiger partial charge on any atom is -0.351 e. The lowest BCUT2D eigenvalue weighted by Gasteiger charge is -2.42. The summed E-state index contributed by atoms with van der Waals surface area (Å²) in [6, 6.07) is 8.22. The van der Waals surface area contributed by atoms with E-state index in [0.29, 0.717) is 43.6 Å². The summed E-state index contributed by atoms with van der Waals surface area (Å²) in [4.78, 5) is 32.9. The molecule has 36 heavy (non-hydrogen) atoms. The van der Waals surface area contributed by atoms with Gasteiger partial charge in [0.2, 0.25) is 5.91 Å². The van der Waals surface area contributed by atoms with Crippen LogP contribution in [0.25, 0.3) is 10.8 Å². The summed E-state index contributed by atoms with van der Waals surface area (Å²) in [7, 11) is 0. The fourth-order valence-corrected chi connectivity index (χ4v) is 5.65. The Balaban J connectivity index is 1.17. The average molecular weight is 520 g/mol. The number of piperazine rings is 1. The van der Waals surface area contributed by atoms with E-state index in [9.17, 15) is 22.8 Å². The molecule has 5 rings (SSSR count). The lowest BCUT2D eigenvalue weighted by atomic mass is 10.1. The third-order valence-corrected chi connectivity index (χ3v) is 7.33. The third kappa shape index (κ3) is 4.78. The van der Waals surface area contributed by atoms with Gasteiger partial charge >= 0.3 is 6.18 Å². The highest BCUT2D eigenvalue weighted by molar-refractivity contribution is 6.33. The molecule has 2 saturated heterocycles. The van der Waals surface area contributed by atoms with Crippen LogP contribution in [0.2, 0.25) is 5.02 Å². The maximum absolute atomic E-state index is 13.1. The van der Waals surface area contributed by atoms with Gasteiger partial charge in [-0.3, -0.25) is 9.59 Å². The summed E-state index contributed by atoms with van der Waals surface area (Å²) in [6.07, 6.45) is 0.518. The number of nitrogens with zero attached hydrogens (tertiary/aromatic N) is 4. The lowest BCUT2D eigenvalue weighted by molar-refractivity contribution is -0.138. The molecule has 3 aromatic rings. The Morgan fingerprint density at radius 1 is 1.11 bits per heavy atom. The van der Waals surface area contributed by atoms with Crippen molar-refractivity contribution in [2.45, 2.75) is 56.8 Å². The number of carbonyl (C=O) groups is 1. The molecule has 4 heterocycles. The molecule has 2 aliphatic heterocycles. The Morgan fingerprint density at radius 2 is 1.81 bits per heavy atom. The SMILES string of the molecule is O=C(CCCCc1n[nH]c(=O)c2ccccc12)N1C2CCC1CN(c1ncc(C(F)(F)F)cc1Cl)C2. The lowest BCUT2D eigenvalue weighted by Crippen LogP contribution is -2.56. The Labute approximate surface area is 210 Å². The topological polar surface area (TPSA) is 82.2 Å². The Kier molecular flexibility index (Phi) is 6.63. The smallest absolute Gasteiger partial charge is 0.351 e. The molecular formula is C25H25ClF3N5O2. The van der Waals surface area contributed by atoms with Crippen LogP contribution < -0.4 is 10.5 Å². The molecule has 0 saturated carbocycles. The summed E-state index contributed by atoms with van der Waals surface area (Å²) in [6.45, 7) is 0.987. The number of halogens is 4. The minimum absolute atomic E-state index is 0.0128. The van der Waals surface area contributed by atoms with E-state index in [1.165, 1.54) is 0 Å². The molecule has 0 radical (unpaired) electrons. The van der Waals surface area contributed by atoms with Gasteiger partial charge in [0, 0.05) is 43.2 Å². The van der Waals surface area contributed by atoms with Gasteiger partial charge < -0.3 is 9.80 Å². The zero-order valence-electron chi connectivity index (χ0n) is 19.4. The van der Waals surface area contributed by atoms with E-state index in [2.05, 4.69) is 15.2 Å². The van der Waals surface area contributed by atoms with Crippen LogP contribution in [0, 0.1) is 0 Å². The first kappa shape index (κ1) is 24.5. The van der Waals surface area contributed by atoms with Crippen molar-refractivity contribution in [1.29, 1.82) is 0 Å². The molecule has 2 bridgehead atoms. The summed E-state index contributed by atoms with van der Waals surface area (Å²) in [5.41, 5.74) is -0.280. The van der Waals surface area contributed by atoms with Crippen molar-refractivity contribution in [2.75, 3.05) is 18.0 Å². The van der Waals surface area contributed by atoms with Crippen LogP contribution in [0.15, 0.2) is 41.3 Å². The number of hydrogen-bond donors (Lipinski definition) is 1. The number of aryl methyl sites for hydroxylation is 1. The van der Waals surface area contributed by atoms with Crippen molar-refractivity contribution < 1.29 is 18.0 Å². The summed E-state index contributed by atoms with van der Waals surface area (Å²) in [5.74, 6) is 0.419. The Morgan fingerprint density at radius 3 is 2.47 bits per heavy atom. The van der Waals surface area contributed by atoms with Crippen LogP contribution >= 0.6 is 11.6 Å². The van der Waals surface area contributed by atoms with Gasteiger partial charge in [-0.25, -0.2) is 10.1 Å². The number of alkyl halides is 3. The molecule has 2 atom stereocenters. The second kappa shape index (κ2) is 9.72. The number of benzene rings is 1. The van der Waals surface area contributed by atoms with Crippen LogP contribution in [0.1, 0.15) is 43.4 Å². The standard InChI is InChI=1S/C25H25ClF3N5O2/c26-20-11-15(25(27,28)29)12-30-23(20)33-13-16-9-10-17(14-33)34(16)22(35)8-4-3-7-21-18-5-1-2-6-19(18)24(36)32-31-21/h1-2,5-6,11-12,16-17H,3-4,7-10,13-14H2,(H,32,36). The molecule has 2 fully saturated rings. The number of unbranched alkanes of at least 4 members (excludes halogenated alkanes) is 1. The van der Waals surface area contributed by atoms with Gasteiger partial charge in [-0.05, 0) is 44.2 Å². The van der Waals surface area contributed by atoms with Gasteiger partial charge in [0.25, 0.3) is 5.56 Å². The zero-order chi connectivity index (χ0) is 25.4. The maximum atomic E-state index is 13.1. The van der Waals surface area contributed by atoms with Crippen molar-refractivity contribution in [3.8, 4) is 0 Å². The largest absolute Gasteiger partial charge is 0.417 e. The highest BCUT2D eigenvalue weighted by atomic mass is 35.5. The van der Waals surface area contributed by atoms with Crippen molar-refractivity contribution in [1.82, 2.24) is 20.1 Å². The highest BCUT2D eigenvalue weighted by Crippen LogP contribution is 2.37. The van der Waals surface area contributed by atoms with Crippen LogP contribution in [0.5, 0.6) is 0 Å². The molecule has 2 unspecified atom stereocenters. The van der Waals surface area contributed by atoms with E-state index in [4.69, 9.17) is 11.6 Å². The second-order valence-electron chi connectivity index (χ2n) is 9.37. The number of nitrogens with one attached hydrogen (secondary N) is 1. The molecule has 7 nitrogen and oxygen atoms in total. The predicted octanol–water partition coefficient (Wildman–Crippen LogP) is 4.58. The molecule has 1 aromatic carbocycles. The van der Waals surface area contributed by atoms with E-state index in [-0.39, 0.29) is 28.6 Å². The van der Waals surface area contributed by atoms with E-state index in [1.807, 2.05) is 28.0 Å². The average Bonchev–Trinajstić information content (AvgIpc) is 3.12. The number of aromatic amines is 1. The summed E-state index contributed by atoms with van der Waals surface area (Å²) >= 11 is 6.15. The van der Waals surface area contributed by atoms with E-state index in [1.54, 1.807) is 6.07 Å². The van der Waals surface area contributed by atoms with Crippen molar-refractivity contribution in [3.05, 3.63) is 63.2 Å². The van der Waals surface area contributed by atoms with Gasteiger partial charge in [0.15, 0.2) is 0 Å². The number of aromatic nitrogens is 3. The molecule has 1 N–H and O–H groups in total. The number of carbonyl (C=O) groups excluding carboxylic acids is 1. The van der Waals surface area contributed by atoms with Gasteiger partial charge in [0.1, 0.15) is 5.82 Å². The Bertz CT molecular complexity index is 1330. The van der Waals surface area contributed by atoms with E-state index < -0.39 is 11.7 Å². The van der Waals surface area contributed by atoms with Gasteiger partial charge in [0.05, 0.1) is 21.7 Å². The van der Waals surface area contributed by atoms with Crippen molar-refractivity contribution >= 4 is 34.1 Å². The summed E-state index contributed by atoms with van der Waals surface area (Å²) in [5, 5.41) is 8.14. The summed E-state index contributed by atoms with van der Waals surface area (Å²) < 4.78 is 38.9. The molecule has 2 aliphatic rings. The number of amides is 1. The van der Waals surface area contributed by atoms with Gasteiger partial charge in [-0.2, -0.15) is 18.3 Å². The van der Waals surface area contributed by atoms with E-state index >= 15 is 0 Å². The highest BCUT2D eigenvalue weighted by Gasteiger charge is 2.43. The molecule has 1 amide bonds. The molecule has 11 heteroatoms. The maximum Gasteiger partial charge on any atom is 0.417 e. The van der Waals surface area contributed by atoms with E-state index in [0.717, 1.165) is 42.6 Å². The Hall–Kier alpha value is -3.14. The molecule has 0 aliphatic carbocycles. The number of pyridine rings is 1. The van der Waals surface area contributed by atoms with Gasteiger partial charge in [-0.15, -0.1) is 0 Å². The fraction of sp³-hybridized carbons (Fsp3) is 0.440. The first-order valence-corrected chi connectivity index (χ1v) is 12.4. The van der Waals surface area contributed by atoms with Crippen LogP contribution in [-0.4, -0.2) is 51.2 Å². The number of H-pyrrole nitrogens is 1. The third-order valence-electron chi connectivity index (χ3n) is 7.05. The van der Waals surface area contributed by atoms with Crippen LogP contribution in [-0.2, 0) is 17.4 Å². The quantitative estimate of drug-likeness (QED) is 0.482. The fourth-order valence-electron chi connectivity index (χ4n) is 5.36. The number of fused-ring (bicyclic) bond motifs is 3. The first-order valence-electron chi connectivity index (χ1n) is 12.0. The number of hydrogen-bond acceptors (Lipinski definition) is 5. The van der Waals surface area contributed by atoms with Crippen LogP contribution in [0.4, 0.5) is 19.0 Å². The zero-order valence-corrected chi connectivity index (χ0v) is 20.1. The second-order valence-corrected chi connectivity index (χ2v) is 9.78. The van der Waals surface area contributed by atoms with Crippen LogP contribution in [0.3, 0.4) is 0 Å². The molecule has 0 spiro atoms. The number of rotatable bonds is 6. The molecule has 2 aromatic heterocycles.